The lowest BCUT2D eigenvalue weighted by atomic mass is 10.0. The minimum Gasteiger partial charge on any atom is -0.392 e. The average Bonchev–Trinajstić information content (AvgIpc) is 2.77. The van der Waals surface area contributed by atoms with E-state index >= 15 is 0 Å². The van der Waals surface area contributed by atoms with Gasteiger partial charge in [-0.25, -0.2) is 9.97 Å². The van der Waals surface area contributed by atoms with Crippen molar-refractivity contribution >= 4 is 5.91 Å². The Hall–Kier alpha value is -3.09. The Morgan fingerprint density at radius 3 is 2.79 bits per heavy atom. The van der Waals surface area contributed by atoms with Crippen LogP contribution in [-0.2, 0) is 26.1 Å². The molecule has 0 unspecified atom stereocenters. The molecule has 0 radical (unpaired) electrons. The van der Waals surface area contributed by atoms with E-state index in [2.05, 4.69) is 27.2 Å². The maximum atomic E-state index is 12.6. The van der Waals surface area contributed by atoms with Gasteiger partial charge in [-0.1, -0.05) is 36.4 Å². The third-order valence-corrected chi connectivity index (χ3v) is 5.18. The van der Waals surface area contributed by atoms with Crippen molar-refractivity contribution in [3.8, 4) is 11.1 Å². The van der Waals surface area contributed by atoms with Crippen LogP contribution in [0.3, 0.4) is 0 Å². The molecule has 1 aliphatic rings. The van der Waals surface area contributed by atoms with E-state index < -0.39 is 0 Å². The number of nitrogens with one attached hydrogen (secondary N) is 1. The monoisotopic (exact) mass is 388 g/mol. The van der Waals surface area contributed by atoms with E-state index in [9.17, 15) is 9.90 Å². The summed E-state index contributed by atoms with van der Waals surface area (Å²) in [6, 6.07) is 15.2. The zero-order chi connectivity index (χ0) is 20.2. The first kappa shape index (κ1) is 19.2. The molecule has 2 N–H and O–H groups in total. The van der Waals surface area contributed by atoms with Gasteiger partial charge in [0.2, 0.25) is 0 Å². The highest BCUT2D eigenvalue weighted by atomic mass is 16.3. The molecule has 1 amide bonds. The lowest BCUT2D eigenvalue weighted by Gasteiger charge is -2.23. The number of aliphatic hydroxyl groups is 1. The molecule has 29 heavy (non-hydrogen) atoms. The smallest absolute Gasteiger partial charge is 0.251 e. The Morgan fingerprint density at radius 1 is 1.17 bits per heavy atom. The minimum absolute atomic E-state index is 0.0180. The minimum atomic E-state index is -0.153. The molecule has 6 heteroatoms. The van der Waals surface area contributed by atoms with E-state index in [1.165, 1.54) is 0 Å². The quantitative estimate of drug-likeness (QED) is 0.702. The van der Waals surface area contributed by atoms with Gasteiger partial charge < -0.3 is 15.3 Å². The molecule has 0 spiro atoms. The summed E-state index contributed by atoms with van der Waals surface area (Å²) in [6.07, 6.45) is 2.78. The molecule has 0 atom stereocenters. The SMILES string of the molecule is CN1CCc2nc(CNC(=O)c3cccc(-c4ccc(CO)cc4)c3)ncc2C1. The number of carbonyl (C=O) groups excluding carboxylic acids is 1. The second kappa shape index (κ2) is 8.51. The third kappa shape index (κ3) is 4.50. The molecule has 1 aliphatic heterocycles. The first-order chi connectivity index (χ1) is 14.1. The Labute approximate surface area is 170 Å². The molecule has 3 aromatic rings. The number of aromatic nitrogens is 2. The molecule has 0 bridgehead atoms. The summed E-state index contributed by atoms with van der Waals surface area (Å²) in [5, 5.41) is 12.1. The Balaban J connectivity index is 1.43. The van der Waals surface area contributed by atoms with Gasteiger partial charge in [0.1, 0.15) is 5.82 Å². The number of likely N-dealkylation sites (N-methyl/N-ethyl adjacent to an activating group) is 1. The number of fused-ring (bicyclic) bond motifs is 1. The van der Waals surface area contributed by atoms with E-state index in [1.54, 1.807) is 6.07 Å². The van der Waals surface area contributed by atoms with Crippen molar-refractivity contribution < 1.29 is 9.90 Å². The van der Waals surface area contributed by atoms with Crippen molar-refractivity contribution in [2.24, 2.45) is 0 Å². The summed E-state index contributed by atoms with van der Waals surface area (Å²) < 4.78 is 0. The number of carbonyl (C=O) groups is 1. The Bertz CT molecular complexity index is 1020. The molecule has 4 rings (SSSR count). The van der Waals surface area contributed by atoms with Gasteiger partial charge in [-0.05, 0) is 35.9 Å². The van der Waals surface area contributed by atoms with Crippen LogP contribution < -0.4 is 5.32 Å². The fourth-order valence-corrected chi connectivity index (χ4v) is 3.49. The number of hydrogen-bond donors (Lipinski definition) is 2. The number of rotatable bonds is 5. The fourth-order valence-electron chi connectivity index (χ4n) is 3.49. The Kier molecular flexibility index (Phi) is 5.64. The zero-order valence-electron chi connectivity index (χ0n) is 16.4. The van der Waals surface area contributed by atoms with Crippen LogP contribution in [0.5, 0.6) is 0 Å². The first-order valence-corrected chi connectivity index (χ1v) is 9.73. The predicted octanol–water partition coefficient (Wildman–Crippen LogP) is 2.55. The lowest BCUT2D eigenvalue weighted by Crippen LogP contribution is -2.29. The van der Waals surface area contributed by atoms with Crippen molar-refractivity contribution in [3.63, 3.8) is 0 Å². The first-order valence-electron chi connectivity index (χ1n) is 9.73. The molecule has 0 saturated heterocycles. The molecule has 6 nitrogen and oxygen atoms in total. The van der Waals surface area contributed by atoms with Crippen molar-refractivity contribution in [1.29, 1.82) is 0 Å². The van der Waals surface area contributed by atoms with Crippen molar-refractivity contribution in [2.75, 3.05) is 13.6 Å². The molecular weight excluding hydrogens is 364 g/mol. The number of amides is 1. The standard InChI is InChI=1S/C23H24N4O2/c1-27-10-9-21-20(14-27)12-24-22(26-21)13-25-23(29)19-4-2-3-18(11-19)17-7-5-16(15-28)6-8-17/h2-8,11-12,28H,9-10,13-15H2,1H3,(H,25,29). The van der Waals surface area contributed by atoms with Crippen molar-refractivity contribution in [3.05, 3.63) is 82.9 Å². The molecule has 0 fully saturated rings. The van der Waals surface area contributed by atoms with Crippen LogP contribution >= 0.6 is 0 Å². The summed E-state index contributed by atoms with van der Waals surface area (Å²) in [6.45, 7) is 2.18. The van der Waals surface area contributed by atoms with Gasteiger partial charge in [0, 0.05) is 42.5 Å². The van der Waals surface area contributed by atoms with Gasteiger partial charge in [-0.2, -0.15) is 0 Å². The molecular formula is C23H24N4O2. The van der Waals surface area contributed by atoms with Crippen LogP contribution in [0, 0.1) is 0 Å². The van der Waals surface area contributed by atoms with Crippen LogP contribution in [0.15, 0.2) is 54.7 Å². The summed E-state index contributed by atoms with van der Waals surface area (Å²) in [7, 11) is 2.09. The van der Waals surface area contributed by atoms with Crippen LogP contribution in [0.4, 0.5) is 0 Å². The van der Waals surface area contributed by atoms with E-state index in [4.69, 9.17) is 0 Å². The summed E-state index contributed by atoms with van der Waals surface area (Å²) in [5.41, 5.74) is 5.65. The van der Waals surface area contributed by atoms with Crippen molar-refractivity contribution in [1.82, 2.24) is 20.2 Å². The molecule has 0 saturated carbocycles. The van der Waals surface area contributed by atoms with E-state index in [-0.39, 0.29) is 12.5 Å². The van der Waals surface area contributed by atoms with Gasteiger partial charge in [0.25, 0.3) is 5.91 Å². The topological polar surface area (TPSA) is 78.4 Å². The number of nitrogens with zero attached hydrogens (tertiary/aromatic N) is 3. The molecule has 2 heterocycles. The fraction of sp³-hybridized carbons (Fsp3) is 0.261. The van der Waals surface area contributed by atoms with E-state index in [0.717, 1.165) is 47.5 Å². The highest BCUT2D eigenvalue weighted by molar-refractivity contribution is 5.95. The van der Waals surface area contributed by atoms with Crippen LogP contribution in [-0.4, -0.2) is 39.5 Å². The lowest BCUT2D eigenvalue weighted by molar-refractivity contribution is 0.0950. The van der Waals surface area contributed by atoms with Crippen molar-refractivity contribution in [2.45, 2.75) is 26.1 Å². The summed E-state index contributed by atoms with van der Waals surface area (Å²) in [5.74, 6) is 0.484. The second-order valence-corrected chi connectivity index (χ2v) is 7.36. The average molecular weight is 388 g/mol. The van der Waals surface area contributed by atoms with Gasteiger partial charge in [0.05, 0.1) is 13.2 Å². The third-order valence-electron chi connectivity index (χ3n) is 5.18. The second-order valence-electron chi connectivity index (χ2n) is 7.36. The molecule has 2 aromatic carbocycles. The van der Waals surface area contributed by atoms with Gasteiger partial charge >= 0.3 is 0 Å². The zero-order valence-corrected chi connectivity index (χ0v) is 16.4. The van der Waals surface area contributed by atoms with Crippen LogP contribution in [0.1, 0.15) is 33.0 Å². The highest BCUT2D eigenvalue weighted by Gasteiger charge is 2.16. The molecule has 1 aromatic heterocycles. The number of benzene rings is 2. The normalized spacial score (nSPS) is 13.7. The number of aliphatic hydroxyl groups excluding tert-OH is 1. The van der Waals surface area contributed by atoms with E-state index in [0.29, 0.717) is 17.9 Å². The molecule has 148 valence electrons. The van der Waals surface area contributed by atoms with Crippen LogP contribution in [0.2, 0.25) is 0 Å². The maximum absolute atomic E-state index is 12.6. The Morgan fingerprint density at radius 2 is 2.00 bits per heavy atom. The summed E-state index contributed by atoms with van der Waals surface area (Å²) in [4.78, 5) is 23.9. The molecule has 0 aliphatic carbocycles. The van der Waals surface area contributed by atoms with Gasteiger partial charge in [-0.3, -0.25) is 4.79 Å². The predicted molar refractivity (Wildman–Crippen MR) is 111 cm³/mol. The number of hydrogen-bond acceptors (Lipinski definition) is 5. The largest absolute Gasteiger partial charge is 0.392 e. The maximum Gasteiger partial charge on any atom is 0.251 e. The highest BCUT2D eigenvalue weighted by Crippen LogP contribution is 2.21. The van der Waals surface area contributed by atoms with E-state index in [1.807, 2.05) is 48.7 Å². The van der Waals surface area contributed by atoms with Gasteiger partial charge in [0.15, 0.2) is 0 Å². The van der Waals surface area contributed by atoms with Crippen LogP contribution in [0.25, 0.3) is 11.1 Å². The summed E-state index contributed by atoms with van der Waals surface area (Å²) >= 11 is 0. The van der Waals surface area contributed by atoms with Gasteiger partial charge in [-0.15, -0.1) is 0 Å².